The highest BCUT2D eigenvalue weighted by Gasteiger charge is 2.71. The van der Waals surface area contributed by atoms with Gasteiger partial charge in [0, 0.05) is 31.0 Å². The first kappa shape index (κ1) is 37.9. The number of likely N-dealkylation sites (tertiary alicyclic amines) is 1. The molecular weight excluding hydrogens is 624 g/mol. The number of aliphatic carboxylic acids is 1. The molecule has 7 nitrogen and oxygen atoms in total. The fourth-order valence-electron chi connectivity index (χ4n) is 14.7. The first-order valence-corrected chi connectivity index (χ1v) is 20.3. The third kappa shape index (κ3) is 5.90. The Morgan fingerprint density at radius 2 is 1.60 bits per heavy atom. The molecule has 0 aromatic rings. The number of rotatable bonds is 9. The van der Waals surface area contributed by atoms with Gasteiger partial charge in [-0.25, -0.2) is 0 Å². The Morgan fingerprint density at radius 3 is 2.26 bits per heavy atom. The molecule has 3 N–H and O–H groups in total. The zero-order valence-electron chi connectivity index (χ0n) is 32.9. The fourth-order valence-corrected chi connectivity index (χ4v) is 14.7. The molecule has 282 valence electrons. The summed E-state index contributed by atoms with van der Waals surface area (Å²) in [5.74, 6) is 1.88. The predicted molar refractivity (Wildman–Crippen MR) is 198 cm³/mol. The van der Waals surface area contributed by atoms with E-state index in [0.29, 0.717) is 48.5 Å². The highest BCUT2D eigenvalue weighted by Crippen LogP contribution is 2.78. The molecule has 0 aromatic heterocycles. The van der Waals surface area contributed by atoms with Crippen molar-refractivity contribution < 1.29 is 24.2 Å². The number of amides is 1. The van der Waals surface area contributed by atoms with Crippen LogP contribution in [0.1, 0.15) is 152 Å². The molecule has 11 atom stereocenters. The van der Waals surface area contributed by atoms with Gasteiger partial charge in [0.05, 0.1) is 12.8 Å². The van der Waals surface area contributed by atoms with E-state index in [1.807, 2.05) is 13.8 Å². The summed E-state index contributed by atoms with van der Waals surface area (Å²) in [6.45, 7) is 24.5. The van der Waals surface area contributed by atoms with E-state index in [-0.39, 0.29) is 58.0 Å². The van der Waals surface area contributed by atoms with Gasteiger partial charge < -0.3 is 20.5 Å². The lowest BCUT2D eigenvalue weighted by molar-refractivity contribution is -0.250. The zero-order chi connectivity index (χ0) is 36.7. The first-order chi connectivity index (χ1) is 23.2. The number of carbonyl (C=O) groups excluding carboxylic acids is 2. The van der Waals surface area contributed by atoms with Crippen LogP contribution in [0.25, 0.3) is 0 Å². The minimum absolute atomic E-state index is 0.0462. The van der Waals surface area contributed by atoms with Crippen molar-refractivity contribution in [1.29, 1.82) is 0 Å². The van der Waals surface area contributed by atoms with E-state index in [1.54, 1.807) is 0 Å². The second-order valence-corrected chi connectivity index (χ2v) is 20.6. The molecule has 0 aromatic carbocycles. The van der Waals surface area contributed by atoms with E-state index >= 15 is 0 Å². The number of allylic oxidation sites excluding steroid dienone is 1. The first-order valence-electron chi connectivity index (χ1n) is 20.3. The summed E-state index contributed by atoms with van der Waals surface area (Å²) in [6, 6.07) is 0.210. The molecule has 5 saturated carbocycles. The molecule has 1 aliphatic heterocycles. The number of nitrogens with zero attached hydrogens (tertiary/aromatic N) is 1. The summed E-state index contributed by atoms with van der Waals surface area (Å²) >= 11 is 0. The van der Waals surface area contributed by atoms with Crippen LogP contribution in [0.4, 0.5) is 0 Å². The van der Waals surface area contributed by atoms with Crippen LogP contribution < -0.4 is 5.73 Å². The van der Waals surface area contributed by atoms with Crippen molar-refractivity contribution in [2.75, 3.05) is 13.1 Å². The van der Waals surface area contributed by atoms with Crippen molar-refractivity contribution in [3.8, 4) is 0 Å². The molecule has 5 aliphatic carbocycles. The fraction of sp³-hybridized carbons (Fsp3) is 0.884. The van der Waals surface area contributed by atoms with Gasteiger partial charge in [-0.1, -0.05) is 60.6 Å². The number of carboxylic acids is 1. The van der Waals surface area contributed by atoms with Gasteiger partial charge in [-0.05, 0) is 141 Å². The monoisotopic (exact) mass is 695 g/mol. The Kier molecular flexibility index (Phi) is 9.77. The Balaban J connectivity index is 1.24. The van der Waals surface area contributed by atoms with Crippen molar-refractivity contribution in [2.24, 2.45) is 67.8 Å². The smallest absolute Gasteiger partial charge is 0.306 e. The van der Waals surface area contributed by atoms with Crippen LogP contribution in [0.2, 0.25) is 0 Å². The zero-order valence-corrected chi connectivity index (χ0v) is 32.9. The number of hydrogen-bond acceptors (Lipinski definition) is 5. The highest BCUT2D eigenvalue weighted by atomic mass is 16.5. The maximum atomic E-state index is 14.1. The van der Waals surface area contributed by atoms with Gasteiger partial charge in [-0.2, -0.15) is 0 Å². The molecule has 50 heavy (non-hydrogen) atoms. The maximum absolute atomic E-state index is 14.1. The summed E-state index contributed by atoms with van der Waals surface area (Å²) in [4.78, 5) is 40.8. The summed E-state index contributed by atoms with van der Waals surface area (Å²) < 4.78 is 6.28. The number of nitrogens with two attached hydrogens (primary N) is 1. The highest BCUT2D eigenvalue weighted by molar-refractivity contribution is 5.78. The molecule has 1 saturated heterocycles. The second-order valence-electron chi connectivity index (χ2n) is 20.6. The Hall–Kier alpha value is -1.89. The van der Waals surface area contributed by atoms with Gasteiger partial charge in [-0.15, -0.1) is 0 Å². The average Bonchev–Trinajstić information content (AvgIpc) is 3.63. The molecule has 1 heterocycles. The van der Waals surface area contributed by atoms with Crippen LogP contribution in [0.15, 0.2) is 12.2 Å². The molecule has 6 fully saturated rings. The van der Waals surface area contributed by atoms with E-state index in [0.717, 1.165) is 51.5 Å². The summed E-state index contributed by atoms with van der Waals surface area (Å²) in [7, 11) is 0. The van der Waals surface area contributed by atoms with Crippen LogP contribution in [0.5, 0.6) is 0 Å². The van der Waals surface area contributed by atoms with Crippen molar-refractivity contribution >= 4 is 17.8 Å². The van der Waals surface area contributed by atoms with Gasteiger partial charge >= 0.3 is 11.9 Å². The SMILES string of the molecule is C=C(C)[C@@H]1CCC2(CC(=O)N3CCC[C@H]3CN)CC[C@]3(C)C(CC[C@@H]4C5(C)CCC(OC(=O)CC(C)(C)CC(=O)O)C(C)(C)[C@@H]5CCC43C)[C@@H]12. The third-order valence-electron chi connectivity index (χ3n) is 17.2. The van der Waals surface area contributed by atoms with Crippen molar-refractivity contribution in [3.63, 3.8) is 0 Å². The largest absolute Gasteiger partial charge is 0.481 e. The van der Waals surface area contributed by atoms with E-state index in [1.165, 1.54) is 37.7 Å². The van der Waals surface area contributed by atoms with Gasteiger partial charge in [0.15, 0.2) is 0 Å². The van der Waals surface area contributed by atoms with Crippen molar-refractivity contribution in [2.45, 2.75) is 164 Å². The molecule has 0 spiro atoms. The summed E-state index contributed by atoms with van der Waals surface area (Å²) in [6.07, 6.45) is 14.1. The molecule has 0 radical (unpaired) electrons. The topological polar surface area (TPSA) is 110 Å². The lowest BCUT2D eigenvalue weighted by atomic mass is 9.32. The van der Waals surface area contributed by atoms with Crippen LogP contribution >= 0.6 is 0 Å². The van der Waals surface area contributed by atoms with Crippen LogP contribution in [-0.4, -0.2) is 53.1 Å². The maximum Gasteiger partial charge on any atom is 0.306 e. The molecule has 7 heteroatoms. The Labute approximate surface area is 303 Å². The average molecular weight is 695 g/mol. The summed E-state index contributed by atoms with van der Waals surface area (Å²) in [5.41, 5.74) is 7.31. The minimum Gasteiger partial charge on any atom is -0.481 e. The van der Waals surface area contributed by atoms with Gasteiger partial charge in [-0.3, -0.25) is 14.4 Å². The minimum atomic E-state index is -0.881. The number of ether oxygens (including phenoxy) is 1. The van der Waals surface area contributed by atoms with E-state index in [9.17, 15) is 19.5 Å². The lowest BCUT2D eigenvalue weighted by Gasteiger charge is -2.73. The van der Waals surface area contributed by atoms with Gasteiger partial charge in [0.2, 0.25) is 5.91 Å². The van der Waals surface area contributed by atoms with Crippen LogP contribution in [0.3, 0.4) is 0 Å². The number of carbonyl (C=O) groups is 3. The molecule has 5 unspecified atom stereocenters. The van der Waals surface area contributed by atoms with Crippen LogP contribution in [0, 0.1) is 62.1 Å². The van der Waals surface area contributed by atoms with Gasteiger partial charge in [0.25, 0.3) is 0 Å². The molecule has 0 bridgehead atoms. The van der Waals surface area contributed by atoms with E-state index in [4.69, 9.17) is 10.5 Å². The third-order valence-corrected chi connectivity index (χ3v) is 17.2. The normalized spacial score (nSPS) is 43.6. The molecular formula is C43H70N2O5. The van der Waals surface area contributed by atoms with Crippen molar-refractivity contribution in [1.82, 2.24) is 4.90 Å². The van der Waals surface area contributed by atoms with Crippen LogP contribution in [-0.2, 0) is 19.1 Å². The Morgan fingerprint density at radius 1 is 0.880 bits per heavy atom. The van der Waals surface area contributed by atoms with E-state index < -0.39 is 11.4 Å². The lowest BCUT2D eigenvalue weighted by Crippen LogP contribution is -2.67. The van der Waals surface area contributed by atoms with E-state index in [2.05, 4.69) is 53.0 Å². The number of carboxylic acid groups (broad SMARTS) is 1. The second kappa shape index (κ2) is 12.9. The predicted octanol–water partition coefficient (Wildman–Crippen LogP) is 8.79. The Bertz CT molecular complexity index is 1370. The van der Waals surface area contributed by atoms with Crippen molar-refractivity contribution in [3.05, 3.63) is 12.2 Å². The standard InChI is InChI=1S/C43H70N2O5/c1-27(2)29-14-19-43(23-34(46)45-22-10-11-28(45)26-44)21-20-41(8)30(37(29)43)12-13-32-40(7)17-16-33(39(5,6)31(40)15-18-42(32,41)9)50-36(49)25-38(3,4)24-35(47)48/h28-33,37H,1,10-26,44H2,2-9H3,(H,47,48)/t28-,29-,30?,31-,32+,33?,37+,40?,41+,42?,43?/m0/s1. The molecule has 6 rings (SSSR count). The van der Waals surface area contributed by atoms with Gasteiger partial charge in [0.1, 0.15) is 6.10 Å². The molecule has 6 aliphatic rings. The number of hydrogen-bond donors (Lipinski definition) is 2. The number of esters is 1. The quantitative estimate of drug-likeness (QED) is 0.184. The number of fused-ring (bicyclic) bond motifs is 7. The summed E-state index contributed by atoms with van der Waals surface area (Å²) in [5, 5.41) is 9.34. The molecule has 1 amide bonds.